The van der Waals surface area contributed by atoms with Gasteiger partial charge in [0.05, 0.1) is 34.7 Å². The summed E-state index contributed by atoms with van der Waals surface area (Å²) in [6.07, 6.45) is 4.75. The van der Waals surface area contributed by atoms with Crippen LogP contribution in [0.4, 0.5) is 0 Å². The Hall–Kier alpha value is -3.60. The van der Waals surface area contributed by atoms with Gasteiger partial charge in [-0.3, -0.25) is 14.8 Å². The Morgan fingerprint density at radius 3 is 2.62 bits per heavy atom. The van der Waals surface area contributed by atoms with E-state index in [1.807, 2.05) is 64.1 Å². The van der Waals surface area contributed by atoms with Gasteiger partial charge in [-0.05, 0) is 69.2 Å². The highest BCUT2D eigenvalue weighted by Gasteiger charge is 2.15. The molecule has 1 aromatic heterocycles. The zero-order valence-electron chi connectivity index (χ0n) is 23.4. The van der Waals surface area contributed by atoms with Crippen LogP contribution in [-0.4, -0.2) is 58.5 Å². The summed E-state index contributed by atoms with van der Waals surface area (Å²) >= 11 is 0. The molecule has 1 atom stereocenters. The lowest BCUT2D eigenvalue weighted by Gasteiger charge is -2.16. The monoisotopic (exact) mass is 551 g/mol. The molecule has 0 aliphatic carbocycles. The lowest BCUT2D eigenvalue weighted by molar-refractivity contribution is -0.119. The number of rotatable bonds is 11. The van der Waals surface area contributed by atoms with Crippen LogP contribution in [-0.2, 0) is 26.9 Å². The van der Waals surface area contributed by atoms with Gasteiger partial charge in [0.25, 0.3) is 0 Å². The Kier molecular flexibility index (Phi) is 10.3. The van der Waals surface area contributed by atoms with Gasteiger partial charge in [0.15, 0.2) is 0 Å². The highest BCUT2D eigenvalue weighted by Crippen LogP contribution is 2.32. The largest absolute Gasteiger partial charge is 0.456 e. The summed E-state index contributed by atoms with van der Waals surface area (Å²) in [5.74, 6) is 1.05. The number of benzene rings is 2. The zero-order chi connectivity index (χ0) is 28.6. The summed E-state index contributed by atoms with van der Waals surface area (Å²) in [5, 5.41) is 3.54. The van der Waals surface area contributed by atoms with Crippen LogP contribution in [0.2, 0.25) is 0 Å². The average molecular weight is 552 g/mol. The third-order valence-electron chi connectivity index (χ3n) is 5.65. The van der Waals surface area contributed by atoms with Crippen molar-refractivity contribution in [1.82, 2.24) is 14.6 Å². The summed E-state index contributed by atoms with van der Waals surface area (Å²) in [7, 11) is 2.05. The molecule has 9 nitrogen and oxygen atoms in total. The van der Waals surface area contributed by atoms with E-state index in [1.165, 1.54) is 6.20 Å². The van der Waals surface area contributed by atoms with Crippen molar-refractivity contribution >= 4 is 34.0 Å². The minimum absolute atomic E-state index is 0.172. The van der Waals surface area contributed by atoms with Gasteiger partial charge in [-0.25, -0.2) is 8.51 Å². The number of aryl methyl sites for hydroxylation is 1. The fraction of sp³-hybridized carbons (Fsp3) is 0.345. The van der Waals surface area contributed by atoms with Crippen LogP contribution in [0.15, 0.2) is 70.4 Å². The second-order valence-electron chi connectivity index (χ2n) is 10.1. The Morgan fingerprint density at radius 2 is 1.95 bits per heavy atom. The van der Waals surface area contributed by atoms with E-state index >= 15 is 0 Å². The molecule has 3 rings (SSSR count). The maximum atomic E-state index is 13.0. The minimum atomic E-state index is -1.35. The third kappa shape index (κ3) is 8.71. The molecule has 0 spiro atoms. The number of carbonyl (C=O) groups is 1. The van der Waals surface area contributed by atoms with Gasteiger partial charge in [0.2, 0.25) is 5.91 Å². The first kappa shape index (κ1) is 29.9. The van der Waals surface area contributed by atoms with Crippen LogP contribution in [0.25, 0.3) is 10.9 Å². The van der Waals surface area contributed by atoms with E-state index in [4.69, 9.17) is 15.2 Å². The fourth-order valence-electron chi connectivity index (χ4n) is 3.61. The Bertz CT molecular complexity index is 1400. The van der Waals surface area contributed by atoms with Gasteiger partial charge in [-0.15, -0.1) is 0 Å². The minimum Gasteiger partial charge on any atom is -0.456 e. The van der Waals surface area contributed by atoms with E-state index in [0.717, 1.165) is 22.0 Å². The molecule has 0 aliphatic heterocycles. The molecule has 0 aliphatic rings. The molecule has 2 aromatic carbocycles. The maximum absolute atomic E-state index is 13.0. The van der Waals surface area contributed by atoms with E-state index in [9.17, 15) is 9.00 Å². The Labute approximate surface area is 232 Å². The second-order valence-corrected chi connectivity index (χ2v) is 11.7. The number of hydrogen-bond acceptors (Lipinski definition) is 7. The van der Waals surface area contributed by atoms with Crippen LogP contribution in [0, 0.1) is 6.92 Å². The van der Waals surface area contributed by atoms with Crippen molar-refractivity contribution in [2.45, 2.75) is 44.6 Å². The van der Waals surface area contributed by atoms with E-state index in [-0.39, 0.29) is 17.9 Å². The molecule has 1 unspecified atom stereocenters. The molecule has 0 fully saturated rings. The van der Waals surface area contributed by atoms with Gasteiger partial charge >= 0.3 is 0 Å². The number of hydrogen-bond donors (Lipinski definition) is 2. The summed E-state index contributed by atoms with van der Waals surface area (Å²) in [4.78, 5) is 22.0. The quantitative estimate of drug-likeness (QED) is 0.344. The highest BCUT2D eigenvalue weighted by molar-refractivity contribution is 7.82. The number of amides is 1. The number of methoxy groups -OCH3 is 1. The lowest BCUT2D eigenvalue weighted by Crippen LogP contribution is -2.26. The van der Waals surface area contributed by atoms with E-state index in [0.29, 0.717) is 35.2 Å². The van der Waals surface area contributed by atoms with E-state index in [2.05, 4.69) is 15.3 Å². The van der Waals surface area contributed by atoms with Crippen molar-refractivity contribution in [2.75, 3.05) is 27.3 Å². The van der Waals surface area contributed by atoms with Gasteiger partial charge in [-0.2, -0.15) is 0 Å². The first-order valence-corrected chi connectivity index (χ1v) is 13.7. The third-order valence-corrected chi connectivity index (χ3v) is 7.05. The molecule has 1 heterocycles. The highest BCUT2D eigenvalue weighted by atomic mass is 32.2. The van der Waals surface area contributed by atoms with E-state index < -0.39 is 11.0 Å². The fourth-order valence-corrected chi connectivity index (χ4v) is 4.61. The molecule has 10 heteroatoms. The number of likely N-dealkylation sites (N-methyl/N-ethyl adjacent to an activating group) is 1. The van der Waals surface area contributed by atoms with Gasteiger partial charge in [0, 0.05) is 44.7 Å². The molecule has 3 aromatic rings. The Morgan fingerprint density at radius 1 is 1.18 bits per heavy atom. The number of carbonyl (C=O) groups excluding carboxylic acids is 1. The molecular weight excluding hydrogens is 514 g/mol. The number of aliphatic imine (C=N–C) groups is 1. The molecule has 0 radical (unpaired) electrons. The molecule has 3 N–H and O–H groups in total. The zero-order valence-corrected chi connectivity index (χ0v) is 24.2. The first-order chi connectivity index (χ1) is 18.5. The predicted octanol–water partition coefficient (Wildman–Crippen LogP) is 4.26. The molecule has 39 heavy (non-hydrogen) atoms. The number of pyridine rings is 1. The average Bonchev–Trinajstić information content (AvgIpc) is 2.90. The van der Waals surface area contributed by atoms with Crippen molar-refractivity contribution in [3.63, 3.8) is 0 Å². The van der Waals surface area contributed by atoms with Crippen LogP contribution in [0.1, 0.15) is 31.9 Å². The van der Waals surface area contributed by atoms with E-state index in [1.54, 1.807) is 36.9 Å². The molecule has 0 saturated carbocycles. The summed E-state index contributed by atoms with van der Waals surface area (Å²) < 4.78 is 26.1. The summed E-state index contributed by atoms with van der Waals surface area (Å²) in [5.41, 5.74) is 8.25. The van der Waals surface area contributed by atoms with Gasteiger partial charge in [0.1, 0.15) is 22.5 Å². The predicted molar refractivity (Wildman–Crippen MR) is 156 cm³/mol. The molecule has 1 amide bonds. The van der Waals surface area contributed by atoms with Crippen molar-refractivity contribution in [1.29, 1.82) is 0 Å². The van der Waals surface area contributed by atoms with Crippen LogP contribution >= 0.6 is 0 Å². The molecule has 208 valence electrons. The number of nitrogens with one attached hydrogen (secondary N) is 1. The van der Waals surface area contributed by atoms with Crippen molar-refractivity contribution in [2.24, 2.45) is 10.7 Å². The van der Waals surface area contributed by atoms with Gasteiger partial charge in [-0.1, -0.05) is 12.1 Å². The lowest BCUT2D eigenvalue weighted by atomic mass is 10.1. The number of nitrogens with two attached hydrogens (primary N) is 1. The number of nitrogens with zero attached hydrogens (tertiary/aromatic N) is 3. The van der Waals surface area contributed by atoms with Crippen molar-refractivity contribution < 1.29 is 18.5 Å². The Balaban J connectivity index is 1.76. The standard InChI is InChI=1S/C29H37N5O4S/c1-20-15-21(16-28(35)33-22(18-30)19-32-29(2,3)4)7-10-26(20)38-27-11-12-31-25-9-8-23(17-24(25)27)39(36)34(5)13-14-37-6/h7-12,15,17-19H,13-14,16,30H2,1-6H3,(H,33,35)/b22-18+,32-19?. The van der Waals surface area contributed by atoms with Crippen LogP contribution in [0.3, 0.4) is 0 Å². The summed E-state index contributed by atoms with van der Waals surface area (Å²) in [6, 6.07) is 12.9. The number of ether oxygens (including phenoxy) is 2. The second kappa shape index (κ2) is 13.5. The first-order valence-electron chi connectivity index (χ1n) is 12.6. The van der Waals surface area contributed by atoms with Crippen LogP contribution in [0.5, 0.6) is 11.5 Å². The van der Waals surface area contributed by atoms with Crippen LogP contribution < -0.4 is 15.8 Å². The number of aromatic nitrogens is 1. The SMILES string of the molecule is COCCN(C)S(=O)c1ccc2nccc(Oc3ccc(CC(=O)N/C(C=NC(C)(C)C)=C/N)cc3C)c2c1. The topological polar surface area (TPSA) is 119 Å². The number of fused-ring (bicyclic) bond motifs is 1. The maximum Gasteiger partial charge on any atom is 0.228 e. The van der Waals surface area contributed by atoms with Crippen molar-refractivity contribution in [3.8, 4) is 11.5 Å². The normalized spacial score (nSPS) is 13.3. The summed E-state index contributed by atoms with van der Waals surface area (Å²) in [6.45, 7) is 8.83. The van der Waals surface area contributed by atoms with Gasteiger partial charge < -0.3 is 20.5 Å². The number of allylic oxidation sites excluding steroid dienone is 1. The smallest absolute Gasteiger partial charge is 0.228 e. The van der Waals surface area contributed by atoms with Crippen molar-refractivity contribution in [3.05, 3.63) is 71.7 Å². The molecule has 0 bridgehead atoms. The molecule has 0 saturated heterocycles. The molecular formula is C29H37N5O4S.